The lowest BCUT2D eigenvalue weighted by Gasteiger charge is -2.17. The monoisotopic (exact) mass is 357 g/mol. The maximum atomic E-state index is 12.1. The first-order valence-corrected chi connectivity index (χ1v) is 9.82. The van der Waals surface area contributed by atoms with Gasteiger partial charge in [0.2, 0.25) is 5.91 Å². The number of thiazole rings is 1. The van der Waals surface area contributed by atoms with Crippen LogP contribution in [0.25, 0.3) is 0 Å². The molecule has 1 aliphatic rings. The van der Waals surface area contributed by atoms with Crippen molar-refractivity contribution in [3.63, 3.8) is 0 Å². The molecule has 1 unspecified atom stereocenters. The van der Waals surface area contributed by atoms with E-state index in [0.717, 1.165) is 41.8 Å². The number of carbonyl (C=O) groups is 1. The van der Waals surface area contributed by atoms with E-state index in [1.807, 2.05) is 13.8 Å². The van der Waals surface area contributed by atoms with Crippen LogP contribution >= 0.6 is 11.3 Å². The molecule has 1 atom stereocenters. The Morgan fingerprint density at radius 3 is 2.84 bits per heavy atom. The standard InChI is InChI=1S/C20H27N3OS/c1-14-6-4-5-7-18(14)17-8-10-23(13-17)11-9-21-20(24)12-19-15(2)22-16(3)25-19/h4-7,17H,8-13H2,1-3H3,(H,21,24). The van der Waals surface area contributed by atoms with Crippen molar-refractivity contribution in [3.8, 4) is 0 Å². The average Bonchev–Trinajstić information content (AvgIpc) is 3.15. The summed E-state index contributed by atoms with van der Waals surface area (Å²) >= 11 is 1.62. The molecule has 1 aromatic heterocycles. The maximum Gasteiger partial charge on any atom is 0.225 e. The molecule has 0 aliphatic carbocycles. The zero-order valence-corrected chi connectivity index (χ0v) is 16.2. The van der Waals surface area contributed by atoms with E-state index in [9.17, 15) is 4.79 Å². The number of aryl methyl sites for hydroxylation is 3. The number of hydrogen-bond donors (Lipinski definition) is 1. The fourth-order valence-corrected chi connectivity index (χ4v) is 4.57. The summed E-state index contributed by atoms with van der Waals surface area (Å²) in [5, 5.41) is 4.09. The molecule has 1 amide bonds. The van der Waals surface area contributed by atoms with Gasteiger partial charge in [-0.15, -0.1) is 11.3 Å². The van der Waals surface area contributed by atoms with Gasteiger partial charge >= 0.3 is 0 Å². The number of nitrogens with zero attached hydrogens (tertiary/aromatic N) is 2. The van der Waals surface area contributed by atoms with E-state index >= 15 is 0 Å². The van der Waals surface area contributed by atoms with Gasteiger partial charge in [-0.25, -0.2) is 4.98 Å². The molecule has 3 rings (SSSR count). The summed E-state index contributed by atoms with van der Waals surface area (Å²) < 4.78 is 0. The molecule has 1 N–H and O–H groups in total. The smallest absolute Gasteiger partial charge is 0.225 e. The van der Waals surface area contributed by atoms with Crippen molar-refractivity contribution in [3.05, 3.63) is 51.0 Å². The number of nitrogens with one attached hydrogen (secondary N) is 1. The van der Waals surface area contributed by atoms with Gasteiger partial charge in [0.25, 0.3) is 0 Å². The molecule has 1 fully saturated rings. The molecule has 5 heteroatoms. The minimum Gasteiger partial charge on any atom is -0.355 e. The Hall–Kier alpha value is -1.72. The number of rotatable bonds is 6. The van der Waals surface area contributed by atoms with Crippen molar-refractivity contribution >= 4 is 17.2 Å². The van der Waals surface area contributed by atoms with Gasteiger partial charge in [-0.3, -0.25) is 4.79 Å². The van der Waals surface area contributed by atoms with Crippen LogP contribution in [-0.2, 0) is 11.2 Å². The molecule has 0 radical (unpaired) electrons. The highest BCUT2D eigenvalue weighted by atomic mass is 32.1. The molecule has 4 nitrogen and oxygen atoms in total. The number of likely N-dealkylation sites (tertiary alicyclic amines) is 1. The molecule has 134 valence electrons. The van der Waals surface area contributed by atoms with Crippen LogP contribution in [0.2, 0.25) is 0 Å². The molecule has 1 aliphatic heterocycles. The van der Waals surface area contributed by atoms with Crippen LogP contribution in [0.5, 0.6) is 0 Å². The lowest BCUT2D eigenvalue weighted by Crippen LogP contribution is -2.34. The number of hydrogen-bond acceptors (Lipinski definition) is 4. The van der Waals surface area contributed by atoms with E-state index in [2.05, 4.69) is 46.4 Å². The molecule has 2 aromatic rings. The summed E-state index contributed by atoms with van der Waals surface area (Å²) in [6.07, 6.45) is 1.65. The SMILES string of the molecule is Cc1nc(C)c(CC(=O)NCCN2CCC(c3ccccc3C)C2)s1. The van der Waals surface area contributed by atoms with Crippen molar-refractivity contribution < 1.29 is 4.79 Å². The molecular formula is C20H27N3OS. The number of benzene rings is 1. The summed E-state index contributed by atoms with van der Waals surface area (Å²) in [5.74, 6) is 0.723. The van der Waals surface area contributed by atoms with Crippen molar-refractivity contribution in [1.82, 2.24) is 15.2 Å². The Kier molecular flexibility index (Phi) is 5.86. The topological polar surface area (TPSA) is 45.2 Å². The third kappa shape index (κ3) is 4.67. The van der Waals surface area contributed by atoms with Crippen LogP contribution in [0.3, 0.4) is 0 Å². The van der Waals surface area contributed by atoms with Gasteiger partial charge in [-0.1, -0.05) is 24.3 Å². The molecule has 0 saturated carbocycles. The van der Waals surface area contributed by atoms with Gasteiger partial charge in [-0.2, -0.15) is 0 Å². The zero-order chi connectivity index (χ0) is 17.8. The van der Waals surface area contributed by atoms with Gasteiger partial charge in [0.15, 0.2) is 0 Å². The van der Waals surface area contributed by atoms with Crippen LogP contribution < -0.4 is 5.32 Å². The molecular weight excluding hydrogens is 330 g/mol. The van der Waals surface area contributed by atoms with Gasteiger partial charge < -0.3 is 10.2 Å². The summed E-state index contributed by atoms with van der Waals surface area (Å²) in [6.45, 7) is 10.0. The molecule has 1 aromatic carbocycles. The van der Waals surface area contributed by atoms with E-state index in [4.69, 9.17) is 0 Å². The van der Waals surface area contributed by atoms with Gasteiger partial charge in [0.1, 0.15) is 0 Å². The number of aromatic nitrogens is 1. The normalized spacial score (nSPS) is 17.8. The quantitative estimate of drug-likeness (QED) is 0.863. The summed E-state index contributed by atoms with van der Waals surface area (Å²) in [4.78, 5) is 20.0. The number of amides is 1. The first kappa shape index (κ1) is 18.1. The molecule has 2 heterocycles. The first-order chi connectivity index (χ1) is 12.0. The van der Waals surface area contributed by atoms with Crippen molar-refractivity contribution in [2.45, 2.75) is 39.5 Å². The lowest BCUT2D eigenvalue weighted by molar-refractivity contribution is -0.120. The van der Waals surface area contributed by atoms with Crippen molar-refractivity contribution in [1.29, 1.82) is 0 Å². The van der Waals surface area contributed by atoms with E-state index in [0.29, 0.717) is 12.3 Å². The molecule has 0 spiro atoms. The van der Waals surface area contributed by atoms with Crippen LogP contribution in [0, 0.1) is 20.8 Å². The minimum atomic E-state index is 0.0985. The Morgan fingerprint density at radius 1 is 1.32 bits per heavy atom. The largest absolute Gasteiger partial charge is 0.355 e. The fourth-order valence-electron chi connectivity index (χ4n) is 3.63. The molecule has 1 saturated heterocycles. The first-order valence-electron chi connectivity index (χ1n) is 9.00. The Balaban J connectivity index is 1.42. The predicted molar refractivity (Wildman–Crippen MR) is 103 cm³/mol. The van der Waals surface area contributed by atoms with Crippen molar-refractivity contribution in [2.75, 3.05) is 26.2 Å². The van der Waals surface area contributed by atoms with E-state index in [-0.39, 0.29) is 5.91 Å². The van der Waals surface area contributed by atoms with Crippen LogP contribution in [-0.4, -0.2) is 42.0 Å². The fraction of sp³-hybridized carbons (Fsp3) is 0.500. The van der Waals surface area contributed by atoms with Crippen LogP contribution in [0.15, 0.2) is 24.3 Å². The average molecular weight is 358 g/mol. The highest BCUT2D eigenvalue weighted by molar-refractivity contribution is 7.11. The zero-order valence-electron chi connectivity index (χ0n) is 15.3. The van der Waals surface area contributed by atoms with E-state index < -0.39 is 0 Å². The third-order valence-electron chi connectivity index (χ3n) is 4.97. The second kappa shape index (κ2) is 8.11. The minimum absolute atomic E-state index is 0.0985. The van der Waals surface area contributed by atoms with E-state index in [1.165, 1.54) is 17.5 Å². The maximum absolute atomic E-state index is 12.1. The van der Waals surface area contributed by atoms with Crippen molar-refractivity contribution in [2.24, 2.45) is 0 Å². The molecule has 0 bridgehead atoms. The lowest BCUT2D eigenvalue weighted by atomic mass is 9.94. The van der Waals surface area contributed by atoms with Gasteiger partial charge in [0.05, 0.1) is 17.1 Å². The summed E-state index contributed by atoms with van der Waals surface area (Å²) in [7, 11) is 0. The predicted octanol–water partition coefficient (Wildman–Crippen LogP) is 3.22. The highest BCUT2D eigenvalue weighted by Gasteiger charge is 2.24. The van der Waals surface area contributed by atoms with Gasteiger partial charge in [-0.05, 0) is 50.8 Å². The third-order valence-corrected chi connectivity index (χ3v) is 6.04. The summed E-state index contributed by atoms with van der Waals surface area (Å²) in [6, 6.07) is 8.69. The Morgan fingerprint density at radius 2 is 2.12 bits per heavy atom. The van der Waals surface area contributed by atoms with Gasteiger partial charge in [0, 0.05) is 24.5 Å². The second-order valence-electron chi connectivity index (χ2n) is 6.91. The molecule has 25 heavy (non-hydrogen) atoms. The number of carbonyl (C=O) groups excluding carboxylic acids is 1. The highest BCUT2D eigenvalue weighted by Crippen LogP contribution is 2.28. The summed E-state index contributed by atoms with van der Waals surface area (Å²) in [5.41, 5.74) is 3.85. The van der Waals surface area contributed by atoms with E-state index in [1.54, 1.807) is 11.3 Å². The Bertz CT molecular complexity index is 740. The Labute approximate surface area is 154 Å². The second-order valence-corrected chi connectivity index (χ2v) is 8.20. The van der Waals surface area contributed by atoms with Crippen LogP contribution in [0.1, 0.15) is 39.0 Å². The van der Waals surface area contributed by atoms with Crippen LogP contribution in [0.4, 0.5) is 0 Å².